The fraction of sp³-hybridized carbons (Fsp3) is 0.588. The molecule has 0 heterocycles. The van der Waals surface area contributed by atoms with Crippen molar-refractivity contribution in [3.8, 4) is 0 Å². The number of rotatable bonds is 5. The Morgan fingerprint density at radius 2 is 1.95 bits per heavy atom. The van der Waals surface area contributed by atoms with Gasteiger partial charge in [0.25, 0.3) is 0 Å². The molecule has 2 nitrogen and oxygen atoms in total. The minimum absolute atomic E-state index is 0.0975. The second-order valence-corrected chi connectivity index (χ2v) is 6.12. The molecule has 0 saturated carbocycles. The first kappa shape index (κ1) is 15.7. The summed E-state index contributed by atoms with van der Waals surface area (Å²) in [4.78, 5) is 11.5. The molecule has 0 spiro atoms. The minimum Gasteiger partial charge on any atom is -0.466 e. The first-order valence-corrected chi connectivity index (χ1v) is 7.10. The zero-order valence-corrected chi connectivity index (χ0v) is 12.9. The maximum absolute atomic E-state index is 11.5. The summed E-state index contributed by atoms with van der Waals surface area (Å²) in [6.45, 7) is 11.3. The average Bonchev–Trinajstić information content (AvgIpc) is 2.34. The van der Waals surface area contributed by atoms with Crippen molar-refractivity contribution in [2.24, 2.45) is 0 Å². The highest BCUT2D eigenvalue weighted by atomic mass is 16.5. The Kier molecular flexibility index (Phi) is 5.59. The van der Waals surface area contributed by atoms with E-state index in [1.54, 1.807) is 0 Å². The quantitative estimate of drug-likeness (QED) is 0.744. The van der Waals surface area contributed by atoms with Gasteiger partial charge in [-0.2, -0.15) is 0 Å². The lowest BCUT2D eigenvalue weighted by Crippen LogP contribution is -2.14. The van der Waals surface area contributed by atoms with Crippen LogP contribution in [-0.2, 0) is 21.4 Å². The predicted molar refractivity (Wildman–Crippen MR) is 79.5 cm³/mol. The van der Waals surface area contributed by atoms with Crippen LogP contribution in [0.15, 0.2) is 18.2 Å². The summed E-state index contributed by atoms with van der Waals surface area (Å²) in [5, 5.41) is 0. The Balaban J connectivity index is 2.68. The van der Waals surface area contributed by atoms with Crippen LogP contribution in [-0.4, -0.2) is 12.6 Å². The Morgan fingerprint density at radius 3 is 2.53 bits per heavy atom. The van der Waals surface area contributed by atoms with Crippen LogP contribution in [0.3, 0.4) is 0 Å². The topological polar surface area (TPSA) is 26.3 Å². The molecular formula is C17H26O2. The van der Waals surface area contributed by atoms with Gasteiger partial charge >= 0.3 is 5.97 Å². The Labute approximate surface area is 117 Å². The first-order valence-electron chi connectivity index (χ1n) is 7.10. The lowest BCUT2D eigenvalue weighted by atomic mass is 9.83. The number of carbonyl (C=O) groups is 1. The van der Waals surface area contributed by atoms with Gasteiger partial charge in [0.05, 0.1) is 6.61 Å². The molecule has 0 aliphatic heterocycles. The van der Waals surface area contributed by atoms with Crippen molar-refractivity contribution >= 4 is 5.97 Å². The van der Waals surface area contributed by atoms with Crippen LogP contribution in [0.25, 0.3) is 0 Å². The summed E-state index contributed by atoms with van der Waals surface area (Å²) in [6, 6.07) is 6.48. The third-order valence-electron chi connectivity index (χ3n) is 3.19. The van der Waals surface area contributed by atoms with Crippen LogP contribution in [0.2, 0.25) is 0 Å². The van der Waals surface area contributed by atoms with E-state index in [0.29, 0.717) is 13.0 Å². The van der Waals surface area contributed by atoms with Crippen LogP contribution in [0.1, 0.15) is 57.2 Å². The standard InChI is InChI=1S/C17H26O2/c1-6-11-19-16(18)10-9-14-8-7-13(2)15(12-14)17(3,4)5/h7-8,12H,6,9-11H2,1-5H3. The summed E-state index contributed by atoms with van der Waals surface area (Å²) in [5.41, 5.74) is 4.02. The van der Waals surface area contributed by atoms with Crippen molar-refractivity contribution in [2.45, 2.75) is 59.3 Å². The van der Waals surface area contributed by atoms with Crippen LogP contribution in [0.5, 0.6) is 0 Å². The normalized spacial score (nSPS) is 11.4. The highest BCUT2D eigenvalue weighted by molar-refractivity contribution is 5.69. The molecule has 0 aromatic heterocycles. The molecule has 0 saturated heterocycles. The number of benzene rings is 1. The van der Waals surface area contributed by atoms with E-state index in [0.717, 1.165) is 12.8 Å². The van der Waals surface area contributed by atoms with Crippen molar-refractivity contribution in [2.75, 3.05) is 6.61 Å². The van der Waals surface area contributed by atoms with Crippen molar-refractivity contribution in [3.63, 3.8) is 0 Å². The summed E-state index contributed by atoms with van der Waals surface area (Å²) in [6.07, 6.45) is 2.10. The second-order valence-electron chi connectivity index (χ2n) is 6.12. The summed E-state index contributed by atoms with van der Waals surface area (Å²) in [7, 11) is 0. The fourth-order valence-corrected chi connectivity index (χ4v) is 2.17. The van der Waals surface area contributed by atoms with Crippen LogP contribution >= 0.6 is 0 Å². The summed E-state index contributed by atoms with van der Waals surface area (Å²) >= 11 is 0. The molecule has 1 rings (SSSR count). The Morgan fingerprint density at radius 1 is 1.26 bits per heavy atom. The highest BCUT2D eigenvalue weighted by Gasteiger charge is 2.16. The van der Waals surface area contributed by atoms with Gasteiger partial charge in [-0.05, 0) is 41.9 Å². The van der Waals surface area contributed by atoms with Crippen molar-refractivity contribution in [1.82, 2.24) is 0 Å². The smallest absolute Gasteiger partial charge is 0.306 e. The van der Waals surface area contributed by atoms with Crippen LogP contribution < -0.4 is 0 Å². The number of ether oxygens (including phenoxy) is 1. The number of carbonyl (C=O) groups excluding carboxylic acids is 1. The SMILES string of the molecule is CCCOC(=O)CCc1ccc(C)c(C(C)(C)C)c1. The van der Waals surface area contributed by atoms with E-state index in [-0.39, 0.29) is 11.4 Å². The monoisotopic (exact) mass is 262 g/mol. The maximum Gasteiger partial charge on any atom is 0.306 e. The Hall–Kier alpha value is -1.31. The van der Waals surface area contributed by atoms with Gasteiger partial charge in [0.15, 0.2) is 0 Å². The molecule has 0 aliphatic rings. The Bertz CT molecular complexity index is 427. The van der Waals surface area contributed by atoms with E-state index in [1.165, 1.54) is 16.7 Å². The van der Waals surface area contributed by atoms with Gasteiger partial charge in [-0.25, -0.2) is 0 Å². The molecule has 1 aromatic rings. The van der Waals surface area contributed by atoms with Gasteiger partial charge in [-0.3, -0.25) is 4.79 Å². The third-order valence-corrected chi connectivity index (χ3v) is 3.19. The van der Waals surface area contributed by atoms with E-state index in [9.17, 15) is 4.79 Å². The summed E-state index contributed by atoms with van der Waals surface area (Å²) < 4.78 is 5.10. The molecule has 19 heavy (non-hydrogen) atoms. The van der Waals surface area contributed by atoms with Crippen molar-refractivity contribution in [3.05, 3.63) is 34.9 Å². The van der Waals surface area contributed by atoms with Gasteiger partial charge in [0.2, 0.25) is 0 Å². The fourth-order valence-electron chi connectivity index (χ4n) is 2.17. The van der Waals surface area contributed by atoms with Crippen molar-refractivity contribution in [1.29, 1.82) is 0 Å². The second kappa shape index (κ2) is 6.74. The van der Waals surface area contributed by atoms with E-state index in [1.807, 2.05) is 6.92 Å². The van der Waals surface area contributed by atoms with E-state index < -0.39 is 0 Å². The zero-order valence-electron chi connectivity index (χ0n) is 12.9. The number of esters is 1. The number of hydrogen-bond acceptors (Lipinski definition) is 2. The predicted octanol–water partition coefficient (Wildman–Crippen LogP) is 4.18. The maximum atomic E-state index is 11.5. The molecule has 2 heteroatoms. The van der Waals surface area contributed by atoms with Gasteiger partial charge in [-0.15, -0.1) is 0 Å². The van der Waals surface area contributed by atoms with Gasteiger partial charge in [-0.1, -0.05) is 45.9 Å². The van der Waals surface area contributed by atoms with E-state index in [2.05, 4.69) is 45.9 Å². The number of hydrogen-bond donors (Lipinski definition) is 0. The molecule has 0 atom stereocenters. The zero-order chi connectivity index (χ0) is 14.5. The van der Waals surface area contributed by atoms with Gasteiger partial charge in [0, 0.05) is 6.42 Å². The third kappa shape index (κ3) is 5.06. The summed E-state index contributed by atoms with van der Waals surface area (Å²) in [5.74, 6) is -0.0975. The lowest BCUT2D eigenvalue weighted by molar-refractivity contribution is -0.143. The van der Waals surface area contributed by atoms with Gasteiger partial charge in [0.1, 0.15) is 0 Å². The van der Waals surface area contributed by atoms with Crippen LogP contribution in [0, 0.1) is 6.92 Å². The van der Waals surface area contributed by atoms with E-state index in [4.69, 9.17) is 4.74 Å². The highest BCUT2D eigenvalue weighted by Crippen LogP contribution is 2.26. The molecule has 1 aromatic carbocycles. The average molecular weight is 262 g/mol. The molecule has 0 bridgehead atoms. The molecule has 0 aliphatic carbocycles. The molecule has 0 radical (unpaired) electrons. The van der Waals surface area contributed by atoms with Crippen LogP contribution in [0.4, 0.5) is 0 Å². The van der Waals surface area contributed by atoms with Crippen molar-refractivity contribution < 1.29 is 9.53 Å². The minimum atomic E-state index is -0.0975. The largest absolute Gasteiger partial charge is 0.466 e. The molecule has 0 amide bonds. The van der Waals surface area contributed by atoms with Gasteiger partial charge < -0.3 is 4.74 Å². The lowest BCUT2D eigenvalue weighted by Gasteiger charge is -2.22. The molecule has 0 unspecified atom stereocenters. The first-order chi connectivity index (χ1) is 8.84. The molecule has 0 fully saturated rings. The molecular weight excluding hydrogens is 236 g/mol. The van der Waals surface area contributed by atoms with E-state index >= 15 is 0 Å². The number of aryl methyl sites for hydroxylation is 2. The molecule has 0 N–H and O–H groups in total. The molecule has 106 valence electrons.